The number of benzene rings is 1. The van der Waals surface area contributed by atoms with E-state index in [4.69, 9.17) is 49.0 Å². The lowest BCUT2D eigenvalue weighted by atomic mass is 10.0. The molecule has 25 heavy (non-hydrogen) atoms. The number of hydrogen-bond acceptors (Lipinski definition) is 6. The smallest absolute Gasteiger partial charge is 0.339 e. The van der Waals surface area contributed by atoms with Crippen molar-refractivity contribution in [3.8, 4) is 11.5 Å². The third-order valence-corrected chi connectivity index (χ3v) is 3.71. The maximum absolute atomic E-state index is 12.5. The molecule has 0 unspecified atom stereocenters. The molecule has 0 aliphatic rings. The van der Waals surface area contributed by atoms with Gasteiger partial charge in [0.15, 0.2) is 0 Å². The number of ether oxygens (including phenoxy) is 3. The van der Waals surface area contributed by atoms with E-state index in [2.05, 4.69) is 15.9 Å². The van der Waals surface area contributed by atoms with Gasteiger partial charge in [0.2, 0.25) is 3.79 Å². The normalized spacial score (nSPS) is 11.0. The molecule has 0 saturated carbocycles. The molecule has 0 spiro atoms. The number of alkyl halides is 4. The number of rotatable bonds is 5. The van der Waals surface area contributed by atoms with Crippen molar-refractivity contribution in [1.82, 2.24) is 0 Å². The van der Waals surface area contributed by atoms with Gasteiger partial charge in [-0.2, -0.15) is 0 Å². The summed E-state index contributed by atoms with van der Waals surface area (Å²) in [5, 5.41) is 0.162. The summed E-state index contributed by atoms with van der Waals surface area (Å²) in [6, 6.07) is 1.35. The Labute approximate surface area is 167 Å². The highest BCUT2D eigenvalue weighted by atomic mass is 79.9. The van der Waals surface area contributed by atoms with Gasteiger partial charge in [-0.1, -0.05) is 50.7 Å². The fourth-order valence-electron chi connectivity index (χ4n) is 1.92. The number of halogens is 4. The van der Waals surface area contributed by atoms with Crippen LogP contribution in [0.5, 0.6) is 11.5 Å². The first-order chi connectivity index (χ1) is 11.5. The zero-order valence-electron chi connectivity index (χ0n) is 13.5. The van der Waals surface area contributed by atoms with Crippen molar-refractivity contribution >= 4 is 68.6 Å². The summed E-state index contributed by atoms with van der Waals surface area (Å²) in [4.78, 5) is 35.1. The molecule has 1 aromatic rings. The number of esters is 3. The molecule has 138 valence electrons. The second kappa shape index (κ2) is 9.07. The molecule has 10 heteroatoms. The van der Waals surface area contributed by atoms with Gasteiger partial charge < -0.3 is 14.2 Å². The Balaban J connectivity index is 3.46. The van der Waals surface area contributed by atoms with Gasteiger partial charge in [0.05, 0.1) is 5.56 Å². The summed E-state index contributed by atoms with van der Waals surface area (Å²) >= 11 is 20.0. The molecule has 0 fully saturated rings. The van der Waals surface area contributed by atoms with E-state index in [-0.39, 0.29) is 22.4 Å². The monoisotopic (exact) mass is 474 g/mol. The summed E-state index contributed by atoms with van der Waals surface area (Å²) in [7, 11) is 0. The van der Waals surface area contributed by atoms with Gasteiger partial charge in [0.1, 0.15) is 18.1 Å². The summed E-state index contributed by atoms with van der Waals surface area (Å²) < 4.78 is 13.4. The van der Waals surface area contributed by atoms with E-state index < -0.39 is 28.3 Å². The first-order valence-electron chi connectivity index (χ1n) is 6.79. The zero-order valence-corrected chi connectivity index (χ0v) is 17.3. The maximum Gasteiger partial charge on any atom is 0.339 e. The predicted octanol–water partition coefficient (Wildman–Crippen LogP) is 4.27. The molecule has 0 aromatic heterocycles. The Kier molecular flexibility index (Phi) is 7.99. The minimum absolute atomic E-state index is 0.0427. The molecule has 0 amide bonds. The minimum atomic E-state index is -1.79. The van der Waals surface area contributed by atoms with Crippen LogP contribution >= 0.6 is 50.7 Å². The minimum Gasteiger partial charge on any atom is -0.458 e. The summed E-state index contributed by atoms with van der Waals surface area (Å²) in [5.74, 6) is -1.94. The fraction of sp³-hybridized carbons (Fsp3) is 0.400. The summed E-state index contributed by atoms with van der Waals surface area (Å²) in [6.07, 6.45) is 0. The molecular formula is C15H14BrCl3O6. The van der Waals surface area contributed by atoms with E-state index in [0.29, 0.717) is 11.1 Å². The van der Waals surface area contributed by atoms with Crippen molar-refractivity contribution in [2.24, 2.45) is 0 Å². The second-order valence-electron chi connectivity index (χ2n) is 4.86. The largest absolute Gasteiger partial charge is 0.458 e. The van der Waals surface area contributed by atoms with Crippen molar-refractivity contribution in [2.75, 3.05) is 6.61 Å². The topological polar surface area (TPSA) is 78.9 Å². The highest BCUT2D eigenvalue weighted by Gasteiger charge is 2.28. The van der Waals surface area contributed by atoms with Crippen LogP contribution in [-0.2, 0) is 19.7 Å². The Morgan fingerprint density at radius 1 is 1.08 bits per heavy atom. The highest BCUT2D eigenvalue weighted by molar-refractivity contribution is 9.08. The Morgan fingerprint density at radius 2 is 1.60 bits per heavy atom. The van der Waals surface area contributed by atoms with Crippen LogP contribution < -0.4 is 9.47 Å². The van der Waals surface area contributed by atoms with Crippen LogP contribution in [0.4, 0.5) is 0 Å². The van der Waals surface area contributed by atoms with E-state index in [1.165, 1.54) is 19.9 Å². The Bertz CT molecular complexity index is 699. The van der Waals surface area contributed by atoms with Gasteiger partial charge in [0, 0.05) is 36.4 Å². The van der Waals surface area contributed by atoms with Gasteiger partial charge in [-0.25, -0.2) is 4.79 Å². The lowest BCUT2D eigenvalue weighted by Crippen LogP contribution is -2.20. The predicted molar refractivity (Wildman–Crippen MR) is 97.0 cm³/mol. The third-order valence-electron chi connectivity index (χ3n) is 2.82. The van der Waals surface area contributed by atoms with Crippen molar-refractivity contribution in [3.63, 3.8) is 0 Å². The second-order valence-corrected chi connectivity index (χ2v) is 7.94. The molecule has 1 rings (SSSR count). The van der Waals surface area contributed by atoms with Gasteiger partial charge in [-0.15, -0.1) is 0 Å². The molecule has 0 aliphatic heterocycles. The van der Waals surface area contributed by atoms with E-state index >= 15 is 0 Å². The van der Waals surface area contributed by atoms with Crippen molar-refractivity contribution < 1.29 is 28.6 Å². The lowest BCUT2D eigenvalue weighted by Gasteiger charge is -2.18. The van der Waals surface area contributed by atoms with E-state index in [0.717, 1.165) is 0 Å². The first kappa shape index (κ1) is 22.0. The highest BCUT2D eigenvalue weighted by Crippen LogP contribution is 2.36. The third kappa shape index (κ3) is 6.66. The Hall–Kier alpha value is -1.02. The maximum atomic E-state index is 12.5. The van der Waals surface area contributed by atoms with Gasteiger partial charge >= 0.3 is 17.9 Å². The zero-order chi connectivity index (χ0) is 19.4. The quantitative estimate of drug-likeness (QED) is 0.359. The SMILES string of the molecule is CC(=O)Oc1cc(OC(C)=O)c(CBr)c(C(=O)OCC(Cl)(Cl)Cl)c1C. The molecule has 0 aliphatic carbocycles. The molecular weight excluding hydrogens is 462 g/mol. The molecule has 1 aromatic carbocycles. The summed E-state index contributed by atoms with van der Waals surface area (Å²) in [6.45, 7) is 3.46. The van der Waals surface area contributed by atoms with Crippen LogP contribution in [0.2, 0.25) is 0 Å². The van der Waals surface area contributed by atoms with Crippen LogP contribution in [0.25, 0.3) is 0 Å². The average Bonchev–Trinajstić information content (AvgIpc) is 2.45. The van der Waals surface area contributed by atoms with Crippen LogP contribution in [-0.4, -0.2) is 28.3 Å². The molecule has 0 atom stereocenters. The average molecular weight is 477 g/mol. The van der Waals surface area contributed by atoms with E-state index in [1.54, 1.807) is 6.92 Å². The van der Waals surface area contributed by atoms with Crippen molar-refractivity contribution in [1.29, 1.82) is 0 Å². The van der Waals surface area contributed by atoms with Crippen molar-refractivity contribution in [2.45, 2.75) is 29.9 Å². The van der Waals surface area contributed by atoms with Crippen LogP contribution in [0.15, 0.2) is 6.07 Å². The van der Waals surface area contributed by atoms with E-state index in [9.17, 15) is 14.4 Å². The number of carbonyl (C=O) groups excluding carboxylic acids is 3. The molecule has 0 bridgehead atoms. The van der Waals surface area contributed by atoms with Crippen LogP contribution in [0, 0.1) is 6.92 Å². The first-order valence-corrected chi connectivity index (χ1v) is 9.05. The lowest BCUT2D eigenvalue weighted by molar-refractivity contribution is -0.132. The molecule has 0 saturated heterocycles. The van der Waals surface area contributed by atoms with Gasteiger partial charge in [-0.3, -0.25) is 9.59 Å². The molecule has 6 nitrogen and oxygen atoms in total. The fourth-order valence-corrected chi connectivity index (χ4v) is 2.64. The Morgan fingerprint density at radius 3 is 2.04 bits per heavy atom. The number of hydrogen-bond donors (Lipinski definition) is 0. The summed E-state index contributed by atoms with van der Waals surface area (Å²) in [5.41, 5.74) is 0.689. The van der Waals surface area contributed by atoms with Crippen LogP contribution in [0.3, 0.4) is 0 Å². The van der Waals surface area contributed by atoms with E-state index in [1.807, 2.05) is 0 Å². The van der Waals surface area contributed by atoms with Gasteiger partial charge in [0.25, 0.3) is 0 Å². The molecule has 0 N–H and O–H groups in total. The molecule has 0 radical (unpaired) electrons. The van der Waals surface area contributed by atoms with Crippen molar-refractivity contribution in [3.05, 3.63) is 22.8 Å². The van der Waals surface area contributed by atoms with Crippen LogP contribution in [0.1, 0.15) is 35.3 Å². The van der Waals surface area contributed by atoms with Gasteiger partial charge in [-0.05, 0) is 6.92 Å². The standard InChI is InChI=1S/C15H14BrCl3O6/c1-7-11(24-8(2)20)4-12(25-9(3)21)10(5-16)13(7)14(22)23-6-15(17,18)19/h4H,5-6H2,1-3H3. The molecule has 0 heterocycles. The number of carbonyl (C=O) groups is 3.